The molecule has 0 aliphatic carbocycles. The topological polar surface area (TPSA) is 65.2 Å². The van der Waals surface area contributed by atoms with E-state index < -0.39 is 0 Å². The van der Waals surface area contributed by atoms with Crippen LogP contribution in [0.5, 0.6) is 0 Å². The van der Waals surface area contributed by atoms with Crippen molar-refractivity contribution < 1.29 is 9.53 Å². The maximum Gasteiger partial charge on any atom is 0.256 e. The van der Waals surface area contributed by atoms with Crippen LogP contribution in [0.4, 0.5) is 0 Å². The fourth-order valence-electron chi connectivity index (χ4n) is 4.20. The molecule has 0 bridgehead atoms. The zero-order chi connectivity index (χ0) is 21.9. The largest absolute Gasteiger partial charge is 0.377 e. The molecule has 7 nitrogen and oxygen atoms in total. The molecular formula is C25H25N5O2. The lowest BCUT2D eigenvalue weighted by atomic mass is 10.0. The van der Waals surface area contributed by atoms with Crippen molar-refractivity contribution in [3.05, 3.63) is 96.1 Å². The highest BCUT2D eigenvalue weighted by atomic mass is 16.5. The Morgan fingerprint density at radius 2 is 1.88 bits per heavy atom. The molecule has 32 heavy (non-hydrogen) atoms. The van der Waals surface area contributed by atoms with Crippen molar-refractivity contribution in [2.24, 2.45) is 0 Å². The van der Waals surface area contributed by atoms with Crippen molar-refractivity contribution in [2.75, 3.05) is 19.8 Å². The molecule has 1 unspecified atom stereocenters. The van der Waals surface area contributed by atoms with Crippen LogP contribution in [0.1, 0.15) is 21.5 Å². The molecular weight excluding hydrogens is 402 g/mol. The van der Waals surface area contributed by atoms with E-state index in [2.05, 4.69) is 39.0 Å². The third-order valence-electron chi connectivity index (χ3n) is 5.79. The lowest BCUT2D eigenvalue weighted by Crippen LogP contribution is -2.50. The van der Waals surface area contributed by atoms with Gasteiger partial charge >= 0.3 is 0 Å². The first-order chi connectivity index (χ1) is 15.7. The Morgan fingerprint density at radius 3 is 2.69 bits per heavy atom. The van der Waals surface area contributed by atoms with Gasteiger partial charge in [0.25, 0.3) is 5.91 Å². The number of hydrogen-bond acceptors (Lipinski definition) is 4. The van der Waals surface area contributed by atoms with E-state index in [1.807, 2.05) is 54.5 Å². The first-order valence-corrected chi connectivity index (χ1v) is 10.8. The first-order valence-electron chi connectivity index (χ1n) is 10.8. The molecule has 0 N–H and O–H groups in total. The molecule has 0 radical (unpaired) electrons. The standard InChI is InChI=1S/C25H25N5O2/c1-19-7-8-24(30-26-9-10-27-30)23(15-19)25(31)29-13-14-32-18-22(29)17-20-5-4-6-21(16-20)28-11-2-3-12-28/h2-12,15-16,22H,13-14,17-18H2,1H3. The molecule has 5 rings (SSSR count). The minimum Gasteiger partial charge on any atom is -0.377 e. The molecule has 1 amide bonds. The fourth-order valence-corrected chi connectivity index (χ4v) is 4.20. The van der Waals surface area contributed by atoms with Crippen molar-refractivity contribution in [1.29, 1.82) is 0 Å². The highest BCUT2D eigenvalue weighted by molar-refractivity contribution is 5.98. The fraction of sp³-hybridized carbons (Fsp3) is 0.240. The third-order valence-corrected chi connectivity index (χ3v) is 5.79. The highest BCUT2D eigenvalue weighted by Gasteiger charge is 2.30. The van der Waals surface area contributed by atoms with E-state index in [0.29, 0.717) is 31.0 Å². The summed E-state index contributed by atoms with van der Waals surface area (Å²) < 4.78 is 7.85. The number of benzene rings is 2. The molecule has 0 saturated carbocycles. The van der Waals surface area contributed by atoms with Crippen LogP contribution in [-0.4, -0.2) is 56.2 Å². The van der Waals surface area contributed by atoms with Crippen LogP contribution in [0.25, 0.3) is 11.4 Å². The number of ether oxygens (including phenoxy) is 1. The number of aromatic nitrogens is 4. The van der Waals surface area contributed by atoms with Crippen LogP contribution in [-0.2, 0) is 11.2 Å². The summed E-state index contributed by atoms with van der Waals surface area (Å²) in [6.07, 6.45) is 8.01. The average molecular weight is 428 g/mol. The number of carbonyl (C=O) groups excluding carboxylic acids is 1. The predicted molar refractivity (Wildman–Crippen MR) is 121 cm³/mol. The van der Waals surface area contributed by atoms with Crippen molar-refractivity contribution in [1.82, 2.24) is 24.5 Å². The molecule has 1 saturated heterocycles. The Hall–Kier alpha value is -3.71. The molecule has 2 aromatic carbocycles. The summed E-state index contributed by atoms with van der Waals surface area (Å²) in [6, 6.07) is 18.2. The number of carbonyl (C=O) groups is 1. The Kier molecular flexibility index (Phi) is 5.56. The van der Waals surface area contributed by atoms with Gasteiger partial charge in [0, 0.05) is 24.6 Å². The zero-order valence-corrected chi connectivity index (χ0v) is 18.0. The van der Waals surface area contributed by atoms with E-state index in [1.165, 1.54) is 10.4 Å². The van der Waals surface area contributed by atoms with Crippen LogP contribution < -0.4 is 0 Å². The summed E-state index contributed by atoms with van der Waals surface area (Å²) >= 11 is 0. The zero-order valence-electron chi connectivity index (χ0n) is 18.0. The highest BCUT2D eigenvalue weighted by Crippen LogP contribution is 2.22. The number of rotatable bonds is 5. The van der Waals surface area contributed by atoms with Gasteiger partial charge < -0.3 is 14.2 Å². The van der Waals surface area contributed by atoms with Crippen molar-refractivity contribution in [3.8, 4) is 11.4 Å². The molecule has 1 atom stereocenters. The normalized spacial score (nSPS) is 16.3. The van der Waals surface area contributed by atoms with Crippen LogP contribution in [0, 0.1) is 6.92 Å². The molecule has 1 aliphatic heterocycles. The minimum atomic E-state index is -0.0462. The van der Waals surface area contributed by atoms with Gasteiger partial charge in [-0.25, -0.2) is 0 Å². The van der Waals surface area contributed by atoms with Crippen molar-refractivity contribution in [2.45, 2.75) is 19.4 Å². The van der Waals surface area contributed by atoms with Gasteiger partial charge in [0.2, 0.25) is 0 Å². The summed E-state index contributed by atoms with van der Waals surface area (Å²) in [5, 5.41) is 8.47. The van der Waals surface area contributed by atoms with Gasteiger partial charge in [0.15, 0.2) is 0 Å². The maximum absolute atomic E-state index is 13.7. The van der Waals surface area contributed by atoms with E-state index in [1.54, 1.807) is 12.4 Å². The summed E-state index contributed by atoms with van der Waals surface area (Å²) in [5.74, 6) is -0.0177. The van der Waals surface area contributed by atoms with Gasteiger partial charge in [0.1, 0.15) is 0 Å². The van der Waals surface area contributed by atoms with E-state index >= 15 is 0 Å². The van der Waals surface area contributed by atoms with E-state index in [-0.39, 0.29) is 11.9 Å². The quantitative estimate of drug-likeness (QED) is 0.489. The Balaban J connectivity index is 1.43. The molecule has 3 heterocycles. The molecule has 1 fully saturated rings. The SMILES string of the molecule is Cc1ccc(-n2nccn2)c(C(=O)N2CCOCC2Cc2cccc(-n3cccc3)c2)c1. The summed E-state index contributed by atoms with van der Waals surface area (Å²) in [7, 11) is 0. The third kappa shape index (κ3) is 4.07. The Bertz CT molecular complexity index is 1200. The number of aryl methyl sites for hydroxylation is 1. The number of amides is 1. The molecule has 7 heteroatoms. The molecule has 2 aromatic heterocycles. The minimum absolute atomic E-state index is 0.0177. The van der Waals surface area contributed by atoms with Crippen LogP contribution in [0.3, 0.4) is 0 Å². The second kappa shape index (κ2) is 8.80. The van der Waals surface area contributed by atoms with Crippen LogP contribution in [0.2, 0.25) is 0 Å². The van der Waals surface area contributed by atoms with Gasteiger partial charge in [-0.15, -0.1) is 0 Å². The number of morpholine rings is 1. The van der Waals surface area contributed by atoms with E-state index in [0.717, 1.165) is 17.7 Å². The van der Waals surface area contributed by atoms with Gasteiger partial charge in [-0.2, -0.15) is 15.0 Å². The average Bonchev–Trinajstić information content (AvgIpc) is 3.54. The molecule has 4 aromatic rings. The summed E-state index contributed by atoms with van der Waals surface area (Å²) in [5.41, 5.74) is 4.59. The lowest BCUT2D eigenvalue weighted by molar-refractivity contribution is -0.00165. The lowest BCUT2D eigenvalue weighted by Gasteiger charge is -2.36. The Labute approximate surface area is 186 Å². The van der Waals surface area contributed by atoms with E-state index in [9.17, 15) is 4.79 Å². The van der Waals surface area contributed by atoms with Gasteiger partial charge in [-0.1, -0.05) is 23.8 Å². The number of nitrogens with zero attached hydrogens (tertiary/aromatic N) is 5. The van der Waals surface area contributed by atoms with E-state index in [4.69, 9.17) is 4.74 Å². The summed E-state index contributed by atoms with van der Waals surface area (Å²) in [6.45, 7) is 3.59. The smallest absolute Gasteiger partial charge is 0.256 e. The first kappa shape index (κ1) is 20.2. The number of hydrogen-bond donors (Lipinski definition) is 0. The molecule has 162 valence electrons. The summed E-state index contributed by atoms with van der Waals surface area (Å²) in [4.78, 5) is 17.2. The second-order valence-corrected chi connectivity index (χ2v) is 8.03. The van der Waals surface area contributed by atoms with Crippen molar-refractivity contribution >= 4 is 5.91 Å². The van der Waals surface area contributed by atoms with Gasteiger partial charge in [-0.3, -0.25) is 4.79 Å². The van der Waals surface area contributed by atoms with Gasteiger partial charge in [0.05, 0.1) is 42.9 Å². The van der Waals surface area contributed by atoms with Crippen molar-refractivity contribution in [3.63, 3.8) is 0 Å². The van der Waals surface area contributed by atoms with Crippen LogP contribution in [0.15, 0.2) is 79.4 Å². The van der Waals surface area contributed by atoms with Crippen LogP contribution >= 0.6 is 0 Å². The second-order valence-electron chi connectivity index (χ2n) is 8.03. The maximum atomic E-state index is 13.7. The predicted octanol–water partition coefficient (Wildman–Crippen LogP) is 3.45. The van der Waals surface area contributed by atoms with Gasteiger partial charge in [-0.05, 0) is 55.3 Å². The molecule has 0 spiro atoms. The molecule has 1 aliphatic rings. The monoisotopic (exact) mass is 427 g/mol. The Morgan fingerprint density at radius 1 is 1.06 bits per heavy atom.